The van der Waals surface area contributed by atoms with Gasteiger partial charge in [0.25, 0.3) is 0 Å². The van der Waals surface area contributed by atoms with E-state index < -0.39 is 0 Å². The Bertz CT molecular complexity index is 3310. The van der Waals surface area contributed by atoms with Crippen molar-refractivity contribution in [2.75, 3.05) is 0 Å². The molecular formula is C60H45N3. The molecule has 0 saturated heterocycles. The molecule has 0 aliphatic heterocycles. The third-order valence-electron chi connectivity index (χ3n) is 12.9. The van der Waals surface area contributed by atoms with Crippen LogP contribution in [0.2, 0.25) is 0 Å². The van der Waals surface area contributed by atoms with E-state index >= 15 is 0 Å². The molecule has 63 heavy (non-hydrogen) atoms. The largest absolute Gasteiger partial charge is 0.208 e. The van der Waals surface area contributed by atoms with Crippen molar-refractivity contribution in [1.29, 1.82) is 0 Å². The first kappa shape index (κ1) is 38.2. The van der Waals surface area contributed by atoms with Crippen molar-refractivity contribution in [2.24, 2.45) is 0 Å². The molecule has 1 aromatic heterocycles. The molecule has 0 bridgehead atoms. The summed E-state index contributed by atoms with van der Waals surface area (Å²) in [4.78, 5) is 15.6. The maximum Gasteiger partial charge on any atom is 0.164 e. The van der Waals surface area contributed by atoms with Crippen LogP contribution in [-0.4, -0.2) is 15.0 Å². The van der Waals surface area contributed by atoms with Crippen LogP contribution >= 0.6 is 0 Å². The van der Waals surface area contributed by atoms with Gasteiger partial charge in [-0.3, -0.25) is 0 Å². The van der Waals surface area contributed by atoms with Crippen molar-refractivity contribution in [3.8, 4) is 67.5 Å². The predicted octanol–water partition coefficient (Wildman–Crippen LogP) is 14.8. The molecule has 1 heterocycles. The molecular weight excluding hydrogens is 763 g/mol. The third-order valence-corrected chi connectivity index (χ3v) is 12.9. The monoisotopic (exact) mass is 807 g/mol. The van der Waals surface area contributed by atoms with Crippen molar-refractivity contribution in [1.82, 2.24) is 15.0 Å². The van der Waals surface area contributed by atoms with Crippen molar-refractivity contribution >= 4 is 10.8 Å². The van der Waals surface area contributed by atoms with E-state index in [0.29, 0.717) is 17.5 Å². The molecule has 0 fully saturated rings. The molecule has 10 aromatic rings. The van der Waals surface area contributed by atoms with Gasteiger partial charge in [-0.1, -0.05) is 214 Å². The normalized spacial score (nSPS) is 12.9. The molecule has 0 unspecified atom stereocenters. The van der Waals surface area contributed by atoms with Crippen LogP contribution in [0.15, 0.2) is 212 Å². The summed E-state index contributed by atoms with van der Waals surface area (Å²) in [5, 5.41) is 2.26. The summed E-state index contributed by atoms with van der Waals surface area (Å²) in [6, 6.07) is 76.4. The minimum absolute atomic E-state index is 0.184. The number of fused-ring (bicyclic) bond motifs is 6. The van der Waals surface area contributed by atoms with Crippen LogP contribution in [0.3, 0.4) is 0 Å². The molecule has 0 atom stereocenters. The van der Waals surface area contributed by atoms with Crippen molar-refractivity contribution in [2.45, 2.75) is 32.1 Å². The maximum atomic E-state index is 5.27. The van der Waals surface area contributed by atoms with E-state index in [-0.39, 0.29) is 5.41 Å². The summed E-state index contributed by atoms with van der Waals surface area (Å²) < 4.78 is 0. The van der Waals surface area contributed by atoms with Gasteiger partial charge < -0.3 is 0 Å². The summed E-state index contributed by atoms with van der Waals surface area (Å²) in [5.41, 5.74) is 18.0. The number of hydrogen-bond acceptors (Lipinski definition) is 3. The summed E-state index contributed by atoms with van der Waals surface area (Å²) in [5.74, 6) is 1.92. The topological polar surface area (TPSA) is 38.7 Å². The molecule has 3 nitrogen and oxygen atoms in total. The van der Waals surface area contributed by atoms with Gasteiger partial charge in [0.15, 0.2) is 17.5 Å². The second kappa shape index (κ2) is 15.9. The highest BCUT2D eigenvalue weighted by molar-refractivity contribution is 6.04. The van der Waals surface area contributed by atoms with E-state index in [1.54, 1.807) is 0 Å². The van der Waals surface area contributed by atoms with Crippen LogP contribution in [0.5, 0.6) is 0 Å². The number of nitrogens with zero attached hydrogens (tertiary/aromatic N) is 3. The lowest BCUT2D eigenvalue weighted by molar-refractivity contribution is 0.627. The van der Waals surface area contributed by atoms with E-state index in [9.17, 15) is 0 Å². The highest BCUT2D eigenvalue weighted by Gasteiger charge is 2.29. The Balaban J connectivity index is 1.05. The fourth-order valence-electron chi connectivity index (χ4n) is 9.79. The molecule has 3 heteroatoms. The molecule has 0 saturated carbocycles. The van der Waals surface area contributed by atoms with Crippen LogP contribution in [0.4, 0.5) is 0 Å². The average Bonchev–Trinajstić information content (AvgIpc) is 3.35. The Morgan fingerprint density at radius 1 is 0.302 bits per heavy atom. The summed E-state index contributed by atoms with van der Waals surface area (Å²) >= 11 is 0. The molecule has 9 aromatic carbocycles. The zero-order valence-corrected chi connectivity index (χ0v) is 35.5. The summed E-state index contributed by atoms with van der Waals surface area (Å²) in [7, 11) is 0. The van der Waals surface area contributed by atoms with E-state index in [2.05, 4.69) is 208 Å². The molecule has 1 aliphatic carbocycles. The Labute approximate surface area is 369 Å². The molecule has 0 amide bonds. The fraction of sp³-hybridized carbons (Fsp3) is 0.0833. The van der Waals surface area contributed by atoms with Crippen LogP contribution in [0, 0.1) is 0 Å². The summed E-state index contributed by atoms with van der Waals surface area (Å²) in [6.07, 6.45) is 1.68. The van der Waals surface area contributed by atoms with Crippen molar-refractivity contribution < 1.29 is 0 Å². The highest BCUT2D eigenvalue weighted by Crippen LogP contribution is 2.42. The predicted molar refractivity (Wildman–Crippen MR) is 261 cm³/mol. The molecule has 0 N–H and O–H groups in total. The van der Waals surface area contributed by atoms with Gasteiger partial charge in [0.2, 0.25) is 0 Å². The molecule has 300 valence electrons. The average molecular weight is 808 g/mol. The van der Waals surface area contributed by atoms with E-state index in [4.69, 9.17) is 15.0 Å². The number of aromatic nitrogens is 3. The Morgan fingerprint density at radius 3 is 1.48 bits per heavy atom. The first-order valence-electron chi connectivity index (χ1n) is 21.9. The Morgan fingerprint density at radius 2 is 0.762 bits per heavy atom. The second-order valence-corrected chi connectivity index (χ2v) is 17.1. The number of benzene rings is 9. The van der Waals surface area contributed by atoms with Gasteiger partial charge in [0, 0.05) is 22.1 Å². The summed E-state index contributed by atoms with van der Waals surface area (Å²) in [6.45, 7) is 4.77. The Kier molecular flexibility index (Phi) is 9.66. The van der Waals surface area contributed by atoms with Gasteiger partial charge in [-0.15, -0.1) is 0 Å². The SMILES string of the molecule is CC1(C)c2ccccc2Cc2ccccc2-c2ccc(-c3cccc(-c4nc(-c5ccccc5)nc(-c5ccc(-c6ccccc6)c6ccccc56)n4)c3)cc2Cc2ccccc21. The lowest BCUT2D eigenvalue weighted by atomic mass is 9.73. The smallest absolute Gasteiger partial charge is 0.164 e. The minimum atomic E-state index is -0.184. The van der Waals surface area contributed by atoms with Gasteiger partial charge in [-0.25, -0.2) is 15.0 Å². The second-order valence-electron chi connectivity index (χ2n) is 17.1. The molecule has 0 spiro atoms. The first-order chi connectivity index (χ1) is 31.0. The van der Waals surface area contributed by atoms with Gasteiger partial charge in [-0.05, 0) is 103 Å². The van der Waals surface area contributed by atoms with Gasteiger partial charge >= 0.3 is 0 Å². The molecule has 1 aliphatic rings. The lowest BCUT2D eigenvalue weighted by Crippen LogP contribution is -2.23. The lowest BCUT2D eigenvalue weighted by Gasteiger charge is -2.31. The Hall–Kier alpha value is -7.75. The minimum Gasteiger partial charge on any atom is -0.208 e. The quantitative estimate of drug-likeness (QED) is 0.174. The molecule has 11 rings (SSSR count). The number of rotatable bonds is 5. The van der Waals surface area contributed by atoms with E-state index in [0.717, 1.165) is 51.4 Å². The van der Waals surface area contributed by atoms with Crippen LogP contribution in [0.25, 0.3) is 78.3 Å². The zero-order chi connectivity index (χ0) is 42.3. The number of hydrogen-bond donors (Lipinski definition) is 0. The van der Waals surface area contributed by atoms with E-state index in [1.165, 1.54) is 55.6 Å². The zero-order valence-electron chi connectivity index (χ0n) is 35.5. The highest BCUT2D eigenvalue weighted by atomic mass is 15.0. The van der Waals surface area contributed by atoms with Crippen LogP contribution in [0.1, 0.15) is 47.2 Å². The van der Waals surface area contributed by atoms with Gasteiger partial charge in [-0.2, -0.15) is 0 Å². The fourth-order valence-corrected chi connectivity index (χ4v) is 9.79. The van der Waals surface area contributed by atoms with Crippen LogP contribution in [-0.2, 0) is 18.3 Å². The maximum absolute atomic E-state index is 5.27. The first-order valence-corrected chi connectivity index (χ1v) is 21.9. The van der Waals surface area contributed by atoms with Crippen molar-refractivity contribution in [3.05, 3.63) is 246 Å². The van der Waals surface area contributed by atoms with Gasteiger partial charge in [0.05, 0.1) is 0 Å². The van der Waals surface area contributed by atoms with Gasteiger partial charge in [0.1, 0.15) is 0 Å². The third kappa shape index (κ3) is 7.12. The van der Waals surface area contributed by atoms with Crippen molar-refractivity contribution in [3.63, 3.8) is 0 Å². The van der Waals surface area contributed by atoms with E-state index in [1.807, 2.05) is 18.2 Å². The molecule has 0 radical (unpaired) electrons. The standard InChI is InChI=1S/C60H45N3/c1-60(2)55-30-15-10-23-45(55)38-44-22-9-12-27-49(44)51-33-32-43(37-48(51)39-46-24-11-16-31-56(46)60)42-25-17-26-47(36-42)58-61-57(41-20-7-4-8-21-41)62-59(63-58)54-35-34-50(40-18-5-3-6-19-40)52-28-13-14-29-53(52)54/h3-37H,38-39H2,1-2H3. The van der Waals surface area contributed by atoms with Crippen LogP contribution < -0.4 is 0 Å².